The highest BCUT2D eigenvalue weighted by molar-refractivity contribution is 7.96. The molecule has 3 atom stereocenters. The van der Waals surface area contributed by atoms with Crippen molar-refractivity contribution in [1.29, 1.82) is 31.6 Å². The van der Waals surface area contributed by atoms with Crippen LogP contribution in [0.2, 0.25) is 0 Å². The second-order valence-electron chi connectivity index (χ2n) is 19.9. The van der Waals surface area contributed by atoms with Crippen LogP contribution in [0.25, 0.3) is 0 Å². The predicted octanol–water partition coefficient (Wildman–Crippen LogP) is 12.9. The minimum atomic E-state index is -3.95. The maximum Gasteiger partial charge on any atom is 0.244 e. The molecule has 6 rings (SSSR count). The number of sulfonamides is 2. The van der Waals surface area contributed by atoms with Crippen molar-refractivity contribution in [3.05, 3.63) is 310 Å². The summed E-state index contributed by atoms with van der Waals surface area (Å²) in [5.74, 6) is -1.88. The Balaban J connectivity index is 0.000000317. The summed E-state index contributed by atoms with van der Waals surface area (Å²) in [4.78, 5) is 28.3. The summed E-state index contributed by atoms with van der Waals surface area (Å²) in [5, 5.41) is 79.3. The number of nitriles is 6. The van der Waals surface area contributed by atoms with Crippen molar-refractivity contribution in [2.45, 2.75) is 24.8 Å². The number of anilines is 3. The number of carbonyl (C=O) groups is 2. The van der Waals surface area contributed by atoms with Gasteiger partial charge in [0.1, 0.15) is 57.4 Å². The number of hydrogen-bond donors (Lipinski definition) is 5. The zero-order chi connectivity index (χ0) is 72.8. The molecule has 0 aromatic heterocycles. The second-order valence-corrected chi connectivity index (χ2v) is 26.4. The van der Waals surface area contributed by atoms with Crippen molar-refractivity contribution in [3.8, 4) is 42.2 Å². The number of allylic oxidation sites excluding steroid dienone is 20. The molecule has 22 nitrogen and oxygen atoms in total. The van der Waals surface area contributed by atoms with Gasteiger partial charge in [0.05, 0.1) is 57.9 Å². The van der Waals surface area contributed by atoms with Crippen LogP contribution in [0.4, 0.5) is 22.7 Å². The van der Waals surface area contributed by atoms with Crippen LogP contribution in [-0.4, -0.2) is 69.5 Å². The maximum absolute atomic E-state index is 12.7. The lowest BCUT2D eigenvalue weighted by molar-refractivity contribution is -0.113. The highest BCUT2D eigenvalue weighted by Crippen LogP contribution is 2.26. The van der Waals surface area contributed by atoms with E-state index in [1.54, 1.807) is 103 Å². The van der Waals surface area contributed by atoms with E-state index in [4.69, 9.17) is 4.18 Å². The maximum atomic E-state index is 12.7. The summed E-state index contributed by atoms with van der Waals surface area (Å²) in [7, 11) is -10.8. The molecule has 5 N–H and O–H groups in total. The van der Waals surface area contributed by atoms with Gasteiger partial charge in [-0.2, -0.15) is 31.6 Å². The number of hydrogen-bond acceptors (Lipinski definition) is 20. The number of para-hydroxylation sites is 3. The van der Waals surface area contributed by atoms with Gasteiger partial charge in [-0.25, -0.2) is 34.5 Å². The average Bonchev–Trinajstić information content (AvgIpc) is 0.824. The van der Waals surface area contributed by atoms with Gasteiger partial charge < -0.3 is 19.7 Å². The number of ketones is 2. The lowest BCUT2D eigenvalue weighted by Gasteiger charge is -2.14. The van der Waals surface area contributed by atoms with Crippen LogP contribution in [0.15, 0.2) is 309 Å². The van der Waals surface area contributed by atoms with Crippen molar-refractivity contribution in [1.82, 2.24) is 0 Å². The molecule has 0 aliphatic carbocycles. The molecule has 0 saturated heterocycles. The number of carbonyl (C=O) groups excluding carboxylic acids is 2. The normalized spacial score (nSPS) is 13.6. The third-order valence-electron chi connectivity index (χ3n) is 12.3. The quantitative estimate of drug-likeness (QED) is 0.00798. The molecule has 0 aliphatic rings. The molecule has 0 spiro atoms. The zero-order valence-electron chi connectivity index (χ0n) is 53.2. The molecule has 0 saturated carbocycles. The summed E-state index contributed by atoms with van der Waals surface area (Å²) in [5.41, 5.74) is 2.70. The van der Waals surface area contributed by atoms with Gasteiger partial charge in [0, 0.05) is 22.6 Å². The minimum absolute atomic E-state index is 0.00114. The first-order chi connectivity index (χ1) is 47.3. The Bertz CT molecular complexity index is 4880. The van der Waals surface area contributed by atoms with E-state index in [9.17, 15) is 80.8 Å². The number of rotatable bonds is 27. The van der Waals surface area contributed by atoms with E-state index in [0.717, 1.165) is 12.5 Å². The first-order valence-corrected chi connectivity index (χ1v) is 35.1. The van der Waals surface area contributed by atoms with Crippen molar-refractivity contribution >= 4 is 81.0 Å². The number of Topliss-reactive ketones (excluding diaryl/α,β-unsaturated/α-hetero) is 2. The molecule has 0 amide bonds. The first kappa shape index (κ1) is 78.8. The Labute approximate surface area is 577 Å². The number of aliphatic hydroxyl groups excluding tert-OH is 2. The molecular formula is C73H62N10O12S4. The van der Waals surface area contributed by atoms with Crippen LogP contribution in [0.1, 0.15) is 35.9 Å². The Morgan fingerprint density at radius 1 is 0.556 bits per heavy atom. The Morgan fingerprint density at radius 2 is 1.05 bits per heavy atom. The highest BCUT2D eigenvalue weighted by Gasteiger charge is 2.24. The van der Waals surface area contributed by atoms with Crippen molar-refractivity contribution in [2.24, 2.45) is 10.9 Å². The topological polar surface area (TPSA) is 395 Å². The fourth-order valence-electron chi connectivity index (χ4n) is 7.70. The van der Waals surface area contributed by atoms with Crippen LogP contribution < -0.4 is 18.9 Å². The van der Waals surface area contributed by atoms with E-state index < -0.39 is 64.6 Å². The van der Waals surface area contributed by atoms with Crippen molar-refractivity contribution in [3.63, 3.8) is 0 Å². The van der Waals surface area contributed by atoms with E-state index in [1.807, 2.05) is 60.7 Å². The third kappa shape index (κ3) is 28.1. The molecule has 0 aliphatic heterocycles. The molecular weight excluding hydrogens is 1340 g/mol. The number of aliphatic hydroxyl groups is 2. The fraction of sp³-hybridized carbons (Fsp3) is 0.0822. The highest BCUT2D eigenvalue weighted by atomic mass is 32.2. The Hall–Kier alpha value is -12.6. The summed E-state index contributed by atoms with van der Waals surface area (Å²) < 4.78 is 92.7. The monoisotopic (exact) mass is 1400 g/mol. The molecule has 500 valence electrons. The van der Waals surface area contributed by atoms with Crippen LogP contribution in [0, 0.1) is 73.9 Å². The van der Waals surface area contributed by atoms with Crippen LogP contribution in [-0.2, 0) is 45.8 Å². The van der Waals surface area contributed by atoms with Crippen LogP contribution >= 0.6 is 0 Å². The Morgan fingerprint density at radius 3 is 1.55 bits per heavy atom. The third-order valence-corrected chi connectivity index (χ3v) is 16.5. The van der Waals surface area contributed by atoms with E-state index >= 15 is 0 Å². The van der Waals surface area contributed by atoms with Gasteiger partial charge in [-0.3, -0.25) is 19.0 Å². The van der Waals surface area contributed by atoms with Crippen molar-refractivity contribution in [2.75, 3.05) is 27.3 Å². The summed E-state index contributed by atoms with van der Waals surface area (Å²) in [6.07, 6.45) is 22.5. The SMILES string of the molecule is CC(=O)/C(=C/C=C/C=C/C(=C(/C)O)S(=O)Oc1ccccc1)S(=O)(=O)c1ccccc1.CS(=O)(=O)Nc1ccc(C(=O)/C(C#N)=C/C=C/C=C/C(C#N)C(O)c2ccc(NS(C)(=O)=O)cc2)cc1.N#CC(=Nc1ccccc1)/C(C#N)=C/C=C/C=C/C(C#N)=C(\C#N)Nc1ccccc1. The summed E-state index contributed by atoms with van der Waals surface area (Å²) >= 11 is -1.96. The second kappa shape index (κ2) is 40.6. The molecule has 26 heteroatoms. The minimum Gasteiger partial charge on any atom is -0.511 e. The van der Waals surface area contributed by atoms with Crippen LogP contribution in [0.5, 0.6) is 5.75 Å². The molecule has 0 radical (unpaired) electrons. The van der Waals surface area contributed by atoms with Gasteiger partial charge in [-0.15, -0.1) is 0 Å². The van der Waals surface area contributed by atoms with Gasteiger partial charge in [0.15, 0.2) is 11.5 Å². The largest absolute Gasteiger partial charge is 0.511 e. The van der Waals surface area contributed by atoms with Gasteiger partial charge in [0.2, 0.25) is 46.7 Å². The number of nitrogens with zero attached hydrogens (tertiary/aromatic N) is 7. The smallest absolute Gasteiger partial charge is 0.244 e. The zero-order valence-corrected chi connectivity index (χ0v) is 56.5. The molecule has 6 aromatic carbocycles. The van der Waals surface area contributed by atoms with E-state index in [-0.39, 0.29) is 59.8 Å². The molecule has 6 aromatic rings. The van der Waals surface area contributed by atoms with Crippen molar-refractivity contribution < 1.29 is 53.4 Å². The number of benzene rings is 6. The lowest BCUT2D eigenvalue weighted by atomic mass is 9.96. The summed E-state index contributed by atoms with van der Waals surface area (Å²) in [6.45, 7) is 2.55. The van der Waals surface area contributed by atoms with Gasteiger partial charge >= 0.3 is 0 Å². The number of aliphatic imine (C=N–C) groups is 1. The summed E-state index contributed by atoms with van der Waals surface area (Å²) in [6, 6.07) is 57.3. The predicted molar refractivity (Wildman–Crippen MR) is 381 cm³/mol. The van der Waals surface area contributed by atoms with Crippen LogP contribution in [0.3, 0.4) is 0 Å². The van der Waals surface area contributed by atoms with E-state index in [2.05, 4.69) is 19.8 Å². The lowest BCUT2D eigenvalue weighted by Crippen LogP contribution is -2.11. The number of nitrogens with one attached hydrogen (secondary N) is 3. The first-order valence-electron chi connectivity index (χ1n) is 28.8. The van der Waals surface area contributed by atoms with E-state index in [1.165, 1.54) is 147 Å². The molecule has 99 heavy (non-hydrogen) atoms. The molecule has 3 unspecified atom stereocenters. The molecule has 0 fully saturated rings. The van der Waals surface area contributed by atoms with Gasteiger partial charge in [0.25, 0.3) is 0 Å². The molecule has 0 bridgehead atoms. The van der Waals surface area contributed by atoms with Gasteiger partial charge in [-0.05, 0) is 135 Å². The molecule has 0 heterocycles. The van der Waals surface area contributed by atoms with E-state index in [0.29, 0.717) is 28.4 Å². The van der Waals surface area contributed by atoms with Gasteiger partial charge in [-0.1, -0.05) is 146 Å². The average molecular weight is 1400 g/mol. The standard InChI is InChI=1S/C25H16N6.C25H24N4O6S2.C23H22O6S2/c26-16-20(24(18-28)30-22-12-6-2-7-13-22)10-4-1-5-11-21(17-27)25(19-29)31-23-14-8-3-9-15-23;1-36(32,33)28-22-12-8-18(9-13-22)24(30)20(16-26)6-4-3-5-7-21(17-27)25(31)19-10-14-23(15-11-19)29-37(2,34)35;1-18(24)22(30(26)29-20-12-6-3-7-13-20)16-10-5-11-17-23(19(2)25)31(27,28)21-14-8-4-9-15-21/h1-15,30H;3-15,20,24,28-30H,1-2H3;3-17,24H,1-2H3/b5-1+,10-4+,21-11+,24-20-,31-25?;5-3+,6-4+,21-7+;11-5+,16-10+,22-18+,23-17-. The Kier molecular flexibility index (Phi) is 32.3. The fourth-order valence-corrected chi connectivity index (χ4v) is 11.0. The number of sulfone groups is 1.